The lowest BCUT2D eigenvalue weighted by atomic mass is 10.4. The SMILES string of the molecule is COC(=O)CC(=O)NCCN.COC(=O)CC(=O)OC.NCCN. The maximum Gasteiger partial charge on any atom is 0.316 e. The van der Waals surface area contributed by atoms with E-state index in [0.717, 1.165) is 0 Å². The van der Waals surface area contributed by atoms with Crippen molar-refractivity contribution < 1.29 is 33.4 Å². The molecule has 0 aromatic carbocycles. The zero-order valence-electron chi connectivity index (χ0n) is 14.3. The number of esters is 3. The number of rotatable bonds is 7. The van der Waals surface area contributed by atoms with E-state index in [9.17, 15) is 19.2 Å². The van der Waals surface area contributed by atoms with E-state index in [4.69, 9.17) is 17.2 Å². The van der Waals surface area contributed by atoms with Crippen molar-refractivity contribution in [3.63, 3.8) is 0 Å². The molecular formula is C13H28N4O7. The zero-order valence-corrected chi connectivity index (χ0v) is 14.3. The van der Waals surface area contributed by atoms with Crippen molar-refractivity contribution in [2.24, 2.45) is 17.2 Å². The average Bonchev–Trinajstić information content (AvgIpc) is 2.60. The molecule has 0 atom stereocenters. The summed E-state index contributed by atoms with van der Waals surface area (Å²) in [4.78, 5) is 41.7. The van der Waals surface area contributed by atoms with Crippen LogP contribution in [0.25, 0.3) is 0 Å². The van der Waals surface area contributed by atoms with Crippen molar-refractivity contribution >= 4 is 23.8 Å². The largest absolute Gasteiger partial charge is 0.469 e. The molecule has 0 fully saturated rings. The predicted molar refractivity (Wildman–Crippen MR) is 85.5 cm³/mol. The Morgan fingerprint density at radius 3 is 1.38 bits per heavy atom. The van der Waals surface area contributed by atoms with E-state index < -0.39 is 17.9 Å². The summed E-state index contributed by atoms with van der Waals surface area (Å²) >= 11 is 0. The van der Waals surface area contributed by atoms with Crippen LogP contribution < -0.4 is 22.5 Å². The van der Waals surface area contributed by atoms with Crippen molar-refractivity contribution in [3.05, 3.63) is 0 Å². The molecule has 0 aromatic rings. The Kier molecular flexibility index (Phi) is 23.0. The van der Waals surface area contributed by atoms with E-state index in [1.54, 1.807) is 0 Å². The molecule has 1 amide bonds. The molecule has 0 rings (SSSR count). The molecule has 0 radical (unpaired) electrons. The molecule has 0 spiro atoms. The van der Waals surface area contributed by atoms with Gasteiger partial charge in [-0.3, -0.25) is 19.2 Å². The molecule has 0 aliphatic rings. The van der Waals surface area contributed by atoms with Gasteiger partial charge in [0.2, 0.25) is 5.91 Å². The van der Waals surface area contributed by atoms with Crippen LogP contribution in [0.2, 0.25) is 0 Å². The minimum atomic E-state index is -0.582. The van der Waals surface area contributed by atoms with Crippen LogP contribution in [0.3, 0.4) is 0 Å². The molecule has 24 heavy (non-hydrogen) atoms. The van der Waals surface area contributed by atoms with Gasteiger partial charge in [-0.2, -0.15) is 0 Å². The number of carbonyl (C=O) groups is 4. The van der Waals surface area contributed by atoms with Crippen LogP contribution in [-0.4, -0.2) is 71.3 Å². The third-order valence-corrected chi connectivity index (χ3v) is 1.91. The summed E-state index contributed by atoms with van der Waals surface area (Å²) in [7, 11) is 3.66. The maximum atomic E-state index is 10.7. The van der Waals surface area contributed by atoms with Gasteiger partial charge in [0.05, 0.1) is 21.3 Å². The van der Waals surface area contributed by atoms with Crippen molar-refractivity contribution in [1.29, 1.82) is 0 Å². The van der Waals surface area contributed by atoms with Crippen LogP contribution in [0.15, 0.2) is 0 Å². The van der Waals surface area contributed by atoms with Crippen molar-refractivity contribution in [1.82, 2.24) is 5.32 Å². The van der Waals surface area contributed by atoms with Crippen LogP contribution in [-0.2, 0) is 33.4 Å². The van der Waals surface area contributed by atoms with Crippen molar-refractivity contribution in [2.75, 3.05) is 47.5 Å². The monoisotopic (exact) mass is 352 g/mol. The molecule has 0 unspecified atom stereocenters. The first-order chi connectivity index (χ1) is 11.3. The molecule has 11 nitrogen and oxygen atoms in total. The number of ether oxygens (including phenoxy) is 3. The molecule has 0 aliphatic heterocycles. The van der Waals surface area contributed by atoms with Gasteiger partial charge >= 0.3 is 17.9 Å². The summed E-state index contributed by atoms with van der Waals surface area (Å²) in [5.74, 6) is -2.06. The standard InChI is InChI=1S/C6H12N2O3.C5H8O4.C2H8N2/c1-11-6(10)4-5(9)8-3-2-7;1-8-4(6)3-5(7)9-2;3-1-2-4/h2-4,7H2,1H3,(H,8,9);3H2,1-2H3;1-4H2. The van der Waals surface area contributed by atoms with E-state index in [0.29, 0.717) is 26.2 Å². The van der Waals surface area contributed by atoms with E-state index in [2.05, 4.69) is 19.5 Å². The second kappa shape index (κ2) is 20.8. The minimum absolute atomic E-state index is 0.240. The number of nitrogens with two attached hydrogens (primary N) is 3. The Hall–Kier alpha value is -2.24. The van der Waals surface area contributed by atoms with Crippen LogP contribution >= 0.6 is 0 Å². The van der Waals surface area contributed by atoms with Crippen molar-refractivity contribution in [2.45, 2.75) is 12.8 Å². The first-order valence-electron chi connectivity index (χ1n) is 6.90. The lowest BCUT2D eigenvalue weighted by Crippen LogP contribution is -2.30. The summed E-state index contributed by atoms with van der Waals surface area (Å²) in [5, 5.41) is 2.43. The van der Waals surface area contributed by atoms with E-state index in [1.165, 1.54) is 21.3 Å². The number of methoxy groups -OCH3 is 3. The normalized spacial score (nSPS) is 8.42. The summed E-state index contributed by atoms with van der Waals surface area (Å²) in [6.45, 7) is 1.95. The van der Waals surface area contributed by atoms with Gasteiger partial charge in [0.25, 0.3) is 0 Å². The molecule has 0 heterocycles. The van der Waals surface area contributed by atoms with E-state index >= 15 is 0 Å². The van der Waals surface area contributed by atoms with E-state index in [1.807, 2.05) is 0 Å². The molecule has 0 saturated carbocycles. The van der Waals surface area contributed by atoms with Crippen LogP contribution in [0.1, 0.15) is 12.8 Å². The van der Waals surface area contributed by atoms with Gasteiger partial charge < -0.3 is 36.7 Å². The third kappa shape index (κ3) is 24.8. The number of nitrogens with one attached hydrogen (secondary N) is 1. The van der Waals surface area contributed by atoms with Gasteiger partial charge in [-0.15, -0.1) is 0 Å². The van der Waals surface area contributed by atoms with Crippen molar-refractivity contribution in [3.8, 4) is 0 Å². The van der Waals surface area contributed by atoms with Crippen LogP contribution in [0, 0.1) is 0 Å². The summed E-state index contributed by atoms with van der Waals surface area (Å²) < 4.78 is 12.6. The first kappa shape index (κ1) is 26.6. The molecular weight excluding hydrogens is 324 g/mol. The second-order valence-electron chi connectivity index (χ2n) is 3.80. The minimum Gasteiger partial charge on any atom is -0.469 e. The highest BCUT2D eigenvalue weighted by Gasteiger charge is 2.07. The maximum absolute atomic E-state index is 10.7. The van der Waals surface area contributed by atoms with Gasteiger partial charge in [0.15, 0.2) is 0 Å². The quantitative estimate of drug-likeness (QED) is 0.212. The average molecular weight is 352 g/mol. The molecule has 142 valence electrons. The highest BCUT2D eigenvalue weighted by Crippen LogP contribution is 1.85. The highest BCUT2D eigenvalue weighted by molar-refractivity contribution is 5.94. The molecule has 0 bridgehead atoms. The first-order valence-corrected chi connectivity index (χ1v) is 6.90. The predicted octanol–water partition coefficient (Wildman–Crippen LogP) is -2.75. The molecule has 11 heteroatoms. The zero-order chi connectivity index (χ0) is 19.4. The molecule has 0 aliphatic carbocycles. The lowest BCUT2D eigenvalue weighted by molar-refractivity contribution is -0.151. The van der Waals surface area contributed by atoms with Crippen LogP contribution in [0.5, 0.6) is 0 Å². The Labute approximate surface area is 141 Å². The van der Waals surface area contributed by atoms with E-state index in [-0.39, 0.29) is 18.7 Å². The second-order valence-corrected chi connectivity index (χ2v) is 3.80. The molecule has 0 saturated heterocycles. The number of hydrogen-bond donors (Lipinski definition) is 4. The van der Waals surface area contributed by atoms with Crippen LogP contribution in [0.4, 0.5) is 0 Å². The topological polar surface area (TPSA) is 186 Å². The Morgan fingerprint density at radius 2 is 1.08 bits per heavy atom. The summed E-state index contributed by atoms with van der Waals surface area (Å²) in [6, 6.07) is 0. The third-order valence-electron chi connectivity index (χ3n) is 1.91. The molecule has 0 aromatic heterocycles. The number of carbonyl (C=O) groups excluding carboxylic acids is 4. The van der Waals surface area contributed by atoms with Gasteiger partial charge in [0, 0.05) is 26.2 Å². The number of hydrogen-bond acceptors (Lipinski definition) is 10. The summed E-state index contributed by atoms with van der Waals surface area (Å²) in [5.41, 5.74) is 14.9. The Balaban J connectivity index is -0.000000305. The van der Waals surface area contributed by atoms with Gasteiger partial charge in [-0.05, 0) is 0 Å². The lowest BCUT2D eigenvalue weighted by Gasteiger charge is -2.00. The van der Waals surface area contributed by atoms with Gasteiger partial charge in [-0.25, -0.2) is 0 Å². The Morgan fingerprint density at radius 1 is 0.708 bits per heavy atom. The fourth-order valence-corrected chi connectivity index (χ4v) is 0.740. The smallest absolute Gasteiger partial charge is 0.316 e. The number of amides is 1. The summed E-state index contributed by atoms with van der Waals surface area (Å²) in [6.07, 6.45) is -0.552. The fourth-order valence-electron chi connectivity index (χ4n) is 0.740. The highest BCUT2D eigenvalue weighted by atomic mass is 16.5. The fraction of sp³-hybridized carbons (Fsp3) is 0.692. The van der Waals surface area contributed by atoms with Gasteiger partial charge in [-0.1, -0.05) is 0 Å². The Bertz CT molecular complexity index is 348. The van der Waals surface area contributed by atoms with Gasteiger partial charge in [0.1, 0.15) is 12.8 Å². The molecule has 7 N–H and O–H groups in total.